The zero-order valence-electron chi connectivity index (χ0n) is 19.6. The first-order valence-corrected chi connectivity index (χ1v) is 12.3. The topological polar surface area (TPSA) is 0 Å². The molecule has 5 rings (SSSR count). The van der Waals surface area contributed by atoms with Crippen molar-refractivity contribution in [2.45, 2.75) is 65.2 Å². The lowest BCUT2D eigenvalue weighted by molar-refractivity contribution is 0.588. The highest BCUT2D eigenvalue weighted by atomic mass is 32.1. The average molecular weight is 425 g/mol. The van der Waals surface area contributed by atoms with Crippen molar-refractivity contribution in [3.05, 3.63) is 92.7 Å². The fourth-order valence-electron chi connectivity index (χ4n) is 5.14. The Morgan fingerprint density at radius 1 is 0.839 bits per heavy atom. The van der Waals surface area contributed by atoms with E-state index in [2.05, 4.69) is 101 Å². The Kier molecular flexibility index (Phi) is 4.68. The molecule has 0 atom stereocenters. The minimum atomic E-state index is 0.102. The van der Waals surface area contributed by atoms with Crippen LogP contribution in [-0.4, -0.2) is 0 Å². The Morgan fingerprint density at radius 3 is 2.29 bits per heavy atom. The zero-order valence-corrected chi connectivity index (χ0v) is 20.4. The van der Waals surface area contributed by atoms with E-state index in [0.29, 0.717) is 0 Å². The second-order valence-electron chi connectivity index (χ2n) is 11.1. The van der Waals surface area contributed by atoms with Crippen LogP contribution in [0.3, 0.4) is 0 Å². The summed E-state index contributed by atoms with van der Waals surface area (Å²) in [5.41, 5.74) is 14.8. The highest BCUT2D eigenvalue weighted by Crippen LogP contribution is 2.48. The van der Waals surface area contributed by atoms with Gasteiger partial charge in [0.05, 0.1) is 0 Å². The van der Waals surface area contributed by atoms with Gasteiger partial charge in [-0.25, -0.2) is 0 Å². The molecule has 0 spiro atoms. The number of fused-ring (bicyclic) bond motifs is 3. The maximum absolute atomic E-state index is 2.46. The van der Waals surface area contributed by atoms with Gasteiger partial charge in [0.15, 0.2) is 0 Å². The minimum absolute atomic E-state index is 0.102. The van der Waals surface area contributed by atoms with Crippen LogP contribution in [0.2, 0.25) is 0 Å². The summed E-state index contributed by atoms with van der Waals surface area (Å²) in [6, 6.07) is 14.2. The molecule has 1 heterocycles. The summed E-state index contributed by atoms with van der Waals surface area (Å²) in [5, 5.41) is 4.48. The fourth-order valence-corrected chi connectivity index (χ4v) is 5.80. The smallest absolute Gasteiger partial charge is 0.000719 e. The van der Waals surface area contributed by atoms with Crippen LogP contribution in [0.5, 0.6) is 0 Å². The van der Waals surface area contributed by atoms with Crippen molar-refractivity contribution < 1.29 is 0 Å². The van der Waals surface area contributed by atoms with Crippen LogP contribution in [0.25, 0.3) is 22.3 Å². The summed E-state index contributed by atoms with van der Waals surface area (Å²) >= 11 is 1.78. The van der Waals surface area contributed by atoms with Gasteiger partial charge in [-0.1, -0.05) is 84.0 Å². The fraction of sp³-hybridized carbons (Fsp3) is 0.333. The van der Waals surface area contributed by atoms with Gasteiger partial charge in [-0.05, 0) is 96.2 Å². The third-order valence-electron chi connectivity index (χ3n) is 6.82. The molecule has 0 bridgehead atoms. The molecule has 0 aliphatic heterocycles. The van der Waals surface area contributed by atoms with E-state index < -0.39 is 0 Å². The third kappa shape index (κ3) is 3.44. The highest BCUT2D eigenvalue weighted by Gasteiger charge is 2.31. The van der Waals surface area contributed by atoms with E-state index in [1.54, 1.807) is 11.3 Å². The standard InChI is InChI=1S/C30H32S/c1-29(2,3)21-10-11-23-20(16-21)17-26-24(23)12-13-27(30(4,5)6)28(26)25-9-7-8-22(25)19-14-15-31-18-19/h7-8,10-16,18H,9,17H2,1-6H3. The van der Waals surface area contributed by atoms with Crippen LogP contribution in [0.1, 0.15) is 81.3 Å². The molecular weight excluding hydrogens is 392 g/mol. The largest absolute Gasteiger partial charge is 0.152 e. The molecule has 3 aromatic rings. The van der Waals surface area contributed by atoms with E-state index in [1.165, 1.54) is 55.7 Å². The van der Waals surface area contributed by atoms with Crippen molar-refractivity contribution in [2.24, 2.45) is 0 Å². The lowest BCUT2D eigenvalue weighted by atomic mass is 9.77. The summed E-state index contributed by atoms with van der Waals surface area (Å²) in [7, 11) is 0. The van der Waals surface area contributed by atoms with E-state index in [9.17, 15) is 0 Å². The Bertz CT molecular complexity index is 1220. The molecule has 2 aromatic carbocycles. The van der Waals surface area contributed by atoms with Gasteiger partial charge in [-0.2, -0.15) is 11.3 Å². The molecule has 0 fully saturated rings. The van der Waals surface area contributed by atoms with Crippen LogP contribution < -0.4 is 0 Å². The third-order valence-corrected chi connectivity index (χ3v) is 7.50. The second kappa shape index (κ2) is 7.07. The average Bonchev–Trinajstić information content (AvgIpc) is 3.43. The van der Waals surface area contributed by atoms with Gasteiger partial charge in [0.25, 0.3) is 0 Å². The van der Waals surface area contributed by atoms with Crippen LogP contribution in [0.4, 0.5) is 0 Å². The first-order valence-electron chi connectivity index (χ1n) is 11.4. The van der Waals surface area contributed by atoms with Crippen LogP contribution >= 0.6 is 11.3 Å². The molecule has 0 N–H and O–H groups in total. The maximum atomic E-state index is 2.46. The first-order chi connectivity index (χ1) is 14.6. The molecule has 2 aliphatic rings. The molecule has 1 aromatic heterocycles. The Balaban J connectivity index is 1.74. The summed E-state index contributed by atoms with van der Waals surface area (Å²) in [6.45, 7) is 14.0. The monoisotopic (exact) mass is 424 g/mol. The summed E-state index contributed by atoms with van der Waals surface area (Å²) in [5.74, 6) is 0. The van der Waals surface area contributed by atoms with Gasteiger partial charge in [-0.15, -0.1) is 0 Å². The number of thiophene rings is 1. The predicted octanol–water partition coefficient (Wildman–Crippen LogP) is 8.79. The first kappa shape index (κ1) is 20.5. The van der Waals surface area contributed by atoms with Crippen molar-refractivity contribution in [3.8, 4) is 11.1 Å². The van der Waals surface area contributed by atoms with Gasteiger partial charge >= 0.3 is 0 Å². The Morgan fingerprint density at radius 2 is 1.61 bits per heavy atom. The molecule has 0 unspecified atom stereocenters. The van der Waals surface area contributed by atoms with E-state index in [-0.39, 0.29) is 10.8 Å². The molecule has 0 saturated heterocycles. The predicted molar refractivity (Wildman–Crippen MR) is 137 cm³/mol. The van der Waals surface area contributed by atoms with Gasteiger partial charge in [0.2, 0.25) is 0 Å². The summed E-state index contributed by atoms with van der Waals surface area (Å²) in [4.78, 5) is 0. The number of benzene rings is 2. The van der Waals surface area contributed by atoms with Crippen LogP contribution in [0, 0.1) is 0 Å². The van der Waals surface area contributed by atoms with Crippen LogP contribution in [0.15, 0.2) is 59.3 Å². The molecule has 0 radical (unpaired) electrons. The molecule has 2 aliphatic carbocycles. The second-order valence-corrected chi connectivity index (χ2v) is 11.9. The van der Waals surface area contributed by atoms with Gasteiger partial charge < -0.3 is 0 Å². The molecule has 1 heteroatoms. The van der Waals surface area contributed by atoms with Crippen LogP contribution in [-0.2, 0) is 17.3 Å². The van der Waals surface area contributed by atoms with E-state index in [0.717, 1.165) is 12.8 Å². The van der Waals surface area contributed by atoms with Crippen molar-refractivity contribution in [3.63, 3.8) is 0 Å². The summed E-state index contributed by atoms with van der Waals surface area (Å²) in [6.07, 6.45) is 6.74. The van der Waals surface area contributed by atoms with Gasteiger partial charge in [0, 0.05) is 0 Å². The quantitative estimate of drug-likeness (QED) is 0.301. The molecule has 158 valence electrons. The van der Waals surface area contributed by atoms with Crippen molar-refractivity contribution in [2.75, 3.05) is 0 Å². The van der Waals surface area contributed by atoms with Crippen molar-refractivity contribution in [1.29, 1.82) is 0 Å². The SMILES string of the molecule is CC(C)(C)c1ccc2c(c1)Cc1c-2ccc(C(C)(C)C)c1C1=C(c2ccsc2)C=CC1. The molecular formula is C30H32S. The number of hydrogen-bond acceptors (Lipinski definition) is 1. The minimum Gasteiger partial charge on any atom is -0.152 e. The van der Waals surface area contributed by atoms with E-state index >= 15 is 0 Å². The van der Waals surface area contributed by atoms with E-state index in [1.807, 2.05) is 0 Å². The number of allylic oxidation sites excluding steroid dienone is 4. The Hall–Kier alpha value is -2.38. The number of rotatable bonds is 2. The summed E-state index contributed by atoms with van der Waals surface area (Å²) < 4.78 is 0. The molecule has 0 saturated carbocycles. The van der Waals surface area contributed by atoms with Gasteiger partial charge in [0.1, 0.15) is 0 Å². The lowest BCUT2D eigenvalue weighted by Gasteiger charge is -2.27. The molecule has 0 amide bonds. The highest BCUT2D eigenvalue weighted by molar-refractivity contribution is 7.08. The van der Waals surface area contributed by atoms with Crippen molar-refractivity contribution in [1.82, 2.24) is 0 Å². The van der Waals surface area contributed by atoms with Gasteiger partial charge in [-0.3, -0.25) is 0 Å². The normalized spacial score (nSPS) is 15.5. The Labute approximate surface area is 191 Å². The molecule has 31 heavy (non-hydrogen) atoms. The zero-order chi connectivity index (χ0) is 22.0. The maximum Gasteiger partial charge on any atom is -0.000719 e. The lowest BCUT2D eigenvalue weighted by Crippen LogP contribution is -2.15. The molecule has 0 nitrogen and oxygen atoms in total. The number of hydrogen-bond donors (Lipinski definition) is 0. The van der Waals surface area contributed by atoms with E-state index in [4.69, 9.17) is 0 Å². The van der Waals surface area contributed by atoms with Crippen molar-refractivity contribution >= 4 is 22.5 Å².